The molecule has 1 heterocycles. The van der Waals surface area contributed by atoms with Crippen molar-refractivity contribution in [3.8, 4) is 0 Å². The van der Waals surface area contributed by atoms with Crippen molar-refractivity contribution in [2.75, 3.05) is 0 Å². The Morgan fingerprint density at radius 3 is 2.92 bits per heavy atom. The summed E-state index contributed by atoms with van der Waals surface area (Å²) >= 11 is 0. The number of aliphatic hydroxyl groups excluding tert-OH is 1. The van der Waals surface area contributed by atoms with E-state index in [1.807, 2.05) is 6.07 Å². The first-order chi connectivity index (χ1) is 11.5. The Labute approximate surface area is 144 Å². The molecule has 0 aromatic carbocycles. The summed E-state index contributed by atoms with van der Waals surface area (Å²) in [5, 5.41) is 9.96. The van der Waals surface area contributed by atoms with Crippen LogP contribution in [-0.4, -0.2) is 23.3 Å². The fraction of sp³-hybridized carbons (Fsp3) is 0.650. The Morgan fingerprint density at radius 2 is 2.25 bits per heavy atom. The summed E-state index contributed by atoms with van der Waals surface area (Å²) in [7, 11) is 0. The van der Waals surface area contributed by atoms with Gasteiger partial charge in [0.05, 0.1) is 18.6 Å². The zero-order chi connectivity index (χ0) is 17.5. The third-order valence-corrected chi connectivity index (χ3v) is 4.94. The van der Waals surface area contributed by atoms with E-state index in [4.69, 9.17) is 9.15 Å². The largest absolute Gasteiger partial charge is 0.472 e. The van der Waals surface area contributed by atoms with E-state index in [1.165, 1.54) is 12.5 Å². The standard InChI is InChI=1S/C20H30O4/c1-14(2)18-8-7-15(3)11-19(18)24-20(22)6-4-5-17(21)12-16-9-10-23-13-16/h4,6,9-10,13-15,17-19,21H,5,7-8,11-12H2,1-3H3/b6-4+/t15-,17?,18+,19-/m1/s1. The summed E-state index contributed by atoms with van der Waals surface area (Å²) in [5.74, 6) is 1.29. The van der Waals surface area contributed by atoms with Gasteiger partial charge in [-0.05, 0) is 48.6 Å². The molecule has 4 nitrogen and oxygen atoms in total. The molecule has 0 radical (unpaired) electrons. The van der Waals surface area contributed by atoms with Crippen LogP contribution in [0.2, 0.25) is 0 Å². The number of carbonyl (C=O) groups excluding carboxylic acids is 1. The van der Waals surface area contributed by atoms with Crippen LogP contribution < -0.4 is 0 Å². The molecule has 1 aromatic heterocycles. The normalized spacial score (nSPS) is 26.0. The van der Waals surface area contributed by atoms with Gasteiger partial charge < -0.3 is 14.3 Å². The molecule has 1 aromatic rings. The Bertz CT molecular complexity index is 518. The van der Waals surface area contributed by atoms with Crippen LogP contribution in [0.1, 0.15) is 52.0 Å². The number of aliphatic hydroxyl groups is 1. The molecule has 1 fully saturated rings. The minimum atomic E-state index is -0.523. The van der Waals surface area contributed by atoms with Crippen molar-refractivity contribution in [3.05, 3.63) is 36.3 Å². The van der Waals surface area contributed by atoms with E-state index < -0.39 is 6.10 Å². The maximum Gasteiger partial charge on any atom is 0.330 e. The molecule has 4 atom stereocenters. The van der Waals surface area contributed by atoms with Crippen molar-refractivity contribution in [1.82, 2.24) is 0 Å². The average Bonchev–Trinajstić information content (AvgIpc) is 2.99. The van der Waals surface area contributed by atoms with Gasteiger partial charge in [-0.25, -0.2) is 4.79 Å². The van der Waals surface area contributed by atoms with E-state index in [0.29, 0.717) is 30.6 Å². The average molecular weight is 334 g/mol. The van der Waals surface area contributed by atoms with Crippen LogP contribution in [0.15, 0.2) is 35.2 Å². The number of rotatable bonds is 7. The first-order valence-corrected chi connectivity index (χ1v) is 9.02. The van der Waals surface area contributed by atoms with Crippen LogP contribution in [0.5, 0.6) is 0 Å². The molecule has 134 valence electrons. The van der Waals surface area contributed by atoms with Gasteiger partial charge in [0, 0.05) is 12.5 Å². The molecular formula is C20H30O4. The monoisotopic (exact) mass is 334 g/mol. The molecule has 1 N–H and O–H groups in total. The van der Waals surface area contributed by atoms with E-state index in [2.05, 4.69) is 20.8 Å². The third-order valence-electron chi connectivity index (χ3n) is 4.94. The summed E-state index contributed by atoms with van der Waals surface area (Å²) < 4.78 is 10.7. The summed E-state index contributed by atoms with van der Waals surface area (Å²) in [6.45, 7) is 6.62. The molecule has 1 aliphatic rings. The van der Waals surface area contributed by atoms with Crippen molar-refractivity contribution < 1.29 is 19.1 Å². The topological polar surface area (TPSA) is 59.7 Å². The van der Waals surface area contributed by atoms with Gasteiger partial charge in [-0.1, -0.05) is 33.3 Å². The summed E-state index contributed by atoms with van der Waals surface area (Å²) in [5.41, 5.74) is 0.953. The fourth-order valence-corrected chi connectivity index (χ4v) is 3.52. The Morgan fingerprint density at radius 1 is 1.46 bits per heavy atom. The quantitative estimate of drug-likeness (QED) is 0.601. The number of hydrogen-bond donors (Lipinski definition) is 1. The van der Waals surface area contributed by atoms with Gasteiger partial charge in [0.15, 0.2) is 0 Å². The fourth-order valence-electron chi connectivity index (χ4n) is 3.52. The van der Waals surface area contributed by atoms with Crippen molar-refractivity contribution in [2.45, 2.75) is 65.1 Å². The van der Waals surface area contributed by atoms with E-state index in [-0.39, 0.29) is 12.1 Å². The van der Waals surface area contributed by atoms with E-state index in [9.17, 15) is 9.90 Å². The van der Waals surface area contributed by atoms with Crippen LogP contribution in [0.4, 0.5) is 0 Å². The third kappa shape index (κ3) is 5.82. The Hall–Kier alpha value is -1.55. The lowest BCUT2D eigenvalue weighted by molar-refractivity contribution is -0.149. The highest BCUT2D eigenvalue weighted by molar-refractivity contribution is 5.82. The SMILES string of the molecule is CC(C)[C@@H]1CC[C@@H](C)C[C@H]1OC(=O)/C=C/CC(O)Cc1ccoc1. The smallest absolute Gasteiger partial charge is 0.330 e. The van der Waals surface area contributed by atoms with Gasteiger partial charge in [0.2, 0.25) is 0 Å². The minimum absolute atomic E-state index is 0.0155. The van der Waals surface area contributed by atoms with Gasteiger partial charge in [0.25, 0.3) is 0 Å². The highest BCUT2D eigenvalue weighted by Gasteiger charge is 2.32. The van der Waals surface area contributed by atoms with E-state index in [0.717, 1.165) is 18.4 Å². The summed E-state index contributed by atoms with van der Waals surface area (Å²) in [6, 6.07) is 1.83. The van der Waals surface area contributed by atoms with Crippen molar-refractivity contribution in [1.29, 1.82) is 0 Å². The highest BCUT2D eigenvalue weighted by atomic mass is 16.5. The van der Waals surface area contributed by atoms with Crippen LogP contribution >= 0.6 is 0 Å². The second kappa shape index (κ2) is 9.07. The zero-order valence-corrected chi connectivity index (χ0v) is 15.0. The predicted molar refractivity (Wildman–Crippen MR) is 93.4 cm³/mol. The van der Waals surface area contributed by atoms with E-state index >= 15 is 0 Å². The molecular weight excluding hydrogens is 304 g/mol. The molecule has 2 rings (SSSR count). The number of furan rings is 1. The molecule has 1 unspecified atom stereocenters. The predicted octanol–water partition coefficient (Wildman–Crippen LogP) is 4.13. The molecule has 24 heavy (non-hydrogen) atoms. The van der Waals surface area contributed by atoms with Crippen LogP contribution in [0, 0.1) is 17.8 Å². The van der Waals surface area contributed by atoms with Crippen LogP contribution in [0.3, 0.4) is 0 Å². The molecule has 0 amide bonds. The first-order valence-electron chi connectivity index (χ1n) is 9.02. The first kappa shape index (κ1) is 18.8. The Kier molecular flexibility index (Phi) is 7.10. The number of carbonyl (C=O) groups is 1. The van der Waals surface area contributed by atoms with E-state index in [1.54, 1.807) is 18.6 Å². The van der Waals surface area contributed by atoms with Gasteiger partial charge >= 0.3 is 5.97 Å². The van der Waals surface area contributed by atoms with Gasteiger partial charge in [-0.15, -0.1) is 0 Å². The second-order valence-corrected chi connectivity index (χ2v) is 7.43. The van der Waals surface area contributed by atoms with Crippen molar-refractivity contribution in [3.63, 3.8) is 0 Å². The minimum Gasteiger partial charge on any atom is -0.472 e. The zero-order valence-electron chi connectivity index (χ0n) is 15.0. The van der Waals surface area contributed by atoms with Crippen molar-refractivity contribution in [2.24, 2.45) is 17.8 Å². The Balaban J connectivity index is 1.78. The molecule has 0 spiro atoms. The molecule has 4 heteroatoms. The maximum atomic E-state index is 12.1. The molecule has 1 aliphatic carbocycles. The van der Waals surface area contributed by atoms with Crippen LogP contribution in [-0.2, 0) is 16.0 Å². The molecule has 0 bridgehead atoms. The second-order valence-electron chi connectivity index (χ2n) is 7.43. The highest BCUT2D eigenvalue weighted by Crippen LogP contribution is 2.35. The molecule has 0 saturated heterocycles. The lowest BCUT2D eigenvalue weighted by atomic mass is 9.75. The van der Waals surface area contributed by atoms with Crippen LogP contribution in [0.25, 0.3) is 0 Å². The van der Waals surface area contributed by atoms with Gasteiger partial charge in [-0.3, -0.25) is 0 Å². The lowest BCUT2D eigenvalue weighted by Crippen LogP contribution is -2.35. The number of esters is 1. The summed E-state index contributed by atoms with van der Waals surface area (Å²) in [6.07, 6.45) is 10.1. The number of ether oxygens (including phenoxy) is 1. The van der Waals surface area contributed by atoms with Crippen molar-refractivity contribution >= 4 is 5.97 Å². The van der Waals surface area contributed by atoms with Gasteiger partial charge in [0.1, 0.15) is 6.10 Å². The lowest BCUT2D eigenvalue weighted by Gasteiger charge is -2.36. The molecule has 0 aliphatic heterocycles. The molecule has 1 saturated carbocycles. The maximum absolute atomic E-state index is 12.1. The number of hydrogen-bond acceptors (Lipinski definition) is 4. The summed E-state index contributed by atoms with van der Waals surface area (Å²) in [4.78, 5) is 12.1. The van der Waals surface area contributed by atoms with Gasteiger partial charge in [-0.2, -0.15) is 0 Å².